The van der Waals surface area contributed by atoms with Crippen LogP contribution in [0.4, 0.5) is 17.1 Å². The molecule has 0 fully saturated rings. The highest BCUT2D eigenvalue weighted by Gasteiger charge is 2.16. The second kappa shape index (κ2) is 12.2. The van der Waals surface area contributed by atoms with Crippen molar-refractivity contribution in [3.8, 4) is 22.3 Å². The predicted molar refractivity (Wildman–Crippen MR) is 229 cm³/mol. The average Bonchev–Trinajstić information content (AvgIpc) is 3.60. The minimum Gasteiger partial charge on any atom is -0.456 e. The van der Waals surface area contributed by atoms with Crippen molar-refractivity contribution in [1.82, 2.24) is 0 Å². The minimum atomic E-state index is 0.912. The molecule has 0 unspecified atom stereocenters. The van der Waals surface area contributed by atoms with Gasteiger partial charge in [-0.15, -0.1) is 0 Å². The monoisotopic (exact) mass is 687 g/mol. The molecule has 1 heterocycles. The maximum absolute atomic E-state index is 6.23. The summed E-state index contributed by atoms with van der Waals surface area (Å²) < 4.78 is 6.23. The van der Waals surface area contributed by atoms with Crippen LogP contribution in [0.25, 0.3) is 87.3 Å². The number of hydrogen-bond donors (Lipinski definition) is 0. The average molecular weight is 688 g/mol. The normalized spacial score (nSPS) is 11.7. The zero-order valence-electron chi connectivity index (χ0n) is 29.4. The van der Waals surface area contributed by atoms with Gasteiger partial charge in [-0.25, -0.2) is 0 Å². The van der Waals surface area contributed by atoms with Gasteiger partial charge in [-0.3, -0.25) is 0 Å². The van der Waals surface area contributed by atoms with Crippen LogP contribution in [0.1, 0.15) is 0 Å². The molecule has 0 bridgehead atoms. The van der Waals surface area contributed by atoms with Crippen LogP contribution in [0.2, 0.25) is 0 Å². The van der Waals surface area contributed by atoms with E-state index in [0.717, 1.165) is 44.4 Å². The van der Waals surface area contributed by atoms with Crippen LogP contribution in [0.5, 0.6) is 0 Å². The van der Waals surface area contributed by atoms with Crippen molar-refractivity contribution >= 4 is 82.1 Å². The summed E-state index contributed by atoms with van der Waals surface area (Å²) >= 11 is 0. The van der Waals surface area contributed by atoms with Gasteiger partial charge in [0.15, 0.2) is 0 Å². The lowest BCUT2D eigenvalue weighted by atomic mass is 9.95. The number of hydrogen-bond acceptors (Lipinski definition) is 2. The largest absolute Gasteiger partial charge is 0.456 e. The Morgan fingerprint density at radius 3 is 1.74 bits per heavy atom. The Kier molecular flexibility index (Phi) is 6.90. The highest BCUT2D eigenvalue weighted by molar-refractivity contribution is 6.17. The predicted octanol–water partition coefficient (Wildman–Crippen LogP) is 15.0. The Hall–Kier alpha value is -7.16. The van der Waals surface area contributed by atoms with Gasteiger partial charge in [0.25, 0.3) is 0 Å². The quantitative estimate of drug-likeness (QED) is 0.168. The number of fused-ring (bicyclic) bond motifs is 9. The molecule has 0 N–H and O–H groups in total. The highest BCUT2D eigenvalue weighted by atomic mass is 16.3. The van der Waals surface area contributed by atoms with E-state index in [-0.39, 0.29) is 0 Å². The Labute approximate surface area is 312 Å². The third kappa shape index (κ3) is 5.03. The van der Waals surface area contributed by atoms with Gasteiger partial charge in [-0.2, -0.15) is 0 Å². The lowest BCUT2D eigenvalue weighted by Gasteiger charge is -2.26. The van der Waals surface area contributed by atoms with Crippen molar-refractivity contribution in [3.63, 3.8) is 0 Å². The van der Waals surface area contributed by atoms with E-state index in [0.29, 0.717) is 0 Å². The summed E-state index contributed by atoms with van der Waals surface area (Å²) in [6.45, 7) is 0. The molecule has 54 heavy (non-hydrogen) atoms. The molecule has 0 atom stereocenters. The van der Waals surface area contributed by atoms with Crippen LogP contribution in [0.15, 0.2) is 205 Å². The maximum Gasteiger partial charge on any atom is 0.136 e. The molecule has 0 saturated heterocycles. The van der Waals surface area contributed by atoms with E-state index in [2.05, 4.69) is 193 Å². The van der Waals surface area contributed by atoms with Gasteiger partial charge >= 0.3 is 0 Å². The summed E-state index contributed by atoms with van der Waals surface area (Å²) in [6.07, 6.45) is 0. The van der Waals surface area contributed by atoms with E-state index in [1.54, 1.807) is 0 Å². The number of rotatable bonds is 5. The first kappa shape index (κ1) is 30.5. The van der Waals surface area contributed by atoms with Crippen molar-refractivity contribution in [3.05, 3.63) is 200 Å². The first-order valence-electron chi connectivity index (χ1n) is 18.5. The van der Waals surface area contributed by atoms with Crippen molar-refractivity contribution in [2.24, 2.45) is 0 Å². The van der Waals surface area contributed by atoms with E-state index in [1.807, 2.05) is 12.1 Å². The number of nitrogens with zero attached hydrogens (tertiary/aromatic N) is 1. The van der Waals surface area contributed by atoms with Crippen LogP contribution in [0, 0.1) is 0 Å². The van der Waals surface area contributed by atoms with Crippen LogP contribution in [0.3, 0.4) is 0 Å². The topological polar surface area (TPSA) is 16.4 Å². The number of anilines is 3. The van der Waals surface area contributed by atoms with Gasteiger partial charge < -0.3 is 9.32 Å². The minimum absolute atomic E-state index is 0.912. The van der Waals surface area contributed by atoms with E-state index in [9.17, 15) is 0 Å². The molecule has 0 amide bonds. The van der Waals surface area contributed by atoms with Gasteiger partial charge in [0.1, 0.15) is 11.2 Å². The molecular weight excluding hydrogens is 655 g/mol. The molecule has 10 aromatic carbocycles. The molecule has 0 saturated carbocycles. The number of benzene rings is 10. The molecule has 2 nitrogen and oxygen atoms in total. The van der Waals surface area contributed by atoms with Crippen molar-refractivity contribution < 1.29 is 4.42 Å². The summed E-state index contributed by atoms with van der Waals surface area (Å²) in [4.78, 5) is 2.37. The van der Waals surface area contributed by atoms with E-state index in [4.69, 9.17) is 4.42 Å². The molecule has 1 aromatic heterocycles. The Morgan fingerprint density at radius 1 is 0.259 bits per heavy atom. The SMILES string of the molecule is c1ccc(-c2cccc(N(c3ccc(-c4ccc5c(ccc6c7ccccc7ccc56)c4)cc3)c3ccc4cc5oc6ccccc6c5cc4c3)c2)cc1. The fourth-order valence-corrected chi connectivity index (χ4v) is 8.31. The molecule has 0 aliphatic rings. The Morgan fingerprint density at radius 2 is 0.870 bits per heavy atom. The second-order valence-corrected chi connectivity index (χ2v) is 14.2. The molecule has 11 rings (SSSR count). The summed E-state index contributed by atoms with van der Waals surface area (Å²) in [5.74, 6) is 0. The number of furan rings is 1. The lowest BCUT2D eigenvalue weighted by molar-refractivity contribution is 0.669. The summed E-state index contributed by atoms with van der Waals surface area (Å²) in [6, 6.07) is 72.4. The van der Waals surface area contributed by atoms with Gasteiger partial charge in [0.2, 0.25) is 0 Å². The van der Waals surface area contributed by atoms with Crippen LogP contribution in [-0.2, 0) is 0 Å². The molecular formula is C52H33NO. The zero-order chi connectivity index (χ0) is 35.6. The first-order valence-corrected chi connectivity index (χ1v) is 18.5. The third-order valence-corrected chi connectivity index (χ3v) is 11.0. The van der Waals surface area contributed by atoms with Gasteiger partial charge in [-0.05, 0) is 126 Å². The number of para-hydroxylation sites is 1. The third-order valence-electron chi connectivity index (χ3n) is 11.0. The molecule has 11 aromatic rings. The summed E-state index contributed by atoms with van der Waals surface area (Å²) in [5, 5.41) is 12.3. The van der Waals surface area contributed by atoms with Crippen LogP contribution in [-0.4, -0.2) is 0 Å². The summed E-state index contributed by atoms with van der Waals surface area (Å²) in [5.41, 5.74) is 9.88. The molecule has 2 heteroatoms. The molecule has 252 valence electrons. The van der Waals surface area contributed by atoms with Crippen molar-refractivity contribution in [2.75, 3.05) is 4.90 Å². The van der Waals surface area contributed by atoms with Crippen LogP contribution >= 0.6 is 0 Å². The molecule has 0 aliphatic heterocycles. The fraction of sp³-hybridized carbons (Fsp3) is 0. The molecule has 0 aliphatic carbocycles. The second-order valence-electron chi connectivity index (χ2n) is 14.2. The first-order chi connectivity index (χ1) is 26.7. The molecule has 0 spiro atoms. The Bertz CT molecular complexity index is 3210. The smallest absolute Gasteiger partial charge is 0.136 e. The Balaban J connectivity index is 1.02. The van der Waals surface area contributed by atoms with E-state index < -0.39 is 0 Å². The zero-order valence-corrected chi connectivity index (χ0v) is 29.4. The van der Waals surface area contributed by atoms with E-state index in [1.165, 1.54) is 60.0 Å². The molecule has 0 radical (unpaired) electrons. The highest BCUT2D eigenvalue weighted by Crippen LogP contribution is 2.41. The standard InChI is InChI=1S/C52H33NO/c1-2-9-34(10-3-1)37-12-8-13-43(30-37)53(44-25-19-39-33-52-50(32-41(39)31-44)49-15-6-7-16-51(49)54-52)42-23-17-35(18-24-42)38-21-26-46-40(29-38)22-28-47-45-14-5-4-11-36(45)20-27-48(46)47/h1-33H. The van der Waals surface area contributed by atoms with Crippen molar-refractivity contribution in [2.45, 2.75) is 0 Å². The summed E-state index contributed by atoms with van der Waals surface area (Å²) in [7, 11) is 0. The van der Waals surface area contributed by atoms with Gasteiger partial charge in [-0.1, -0.05) is 140 Å². The van der Waals surface area contributed by atoms with Gasteiger partial charge in [0.05, 0.1) is 0 Å². The van der Waals surface area contributed by atoms with Crippen LogP contribution < -0.4 is 4.90 Å². The maximum atomic E-state index is 6.23. The fourth-order valence-electron chi connectivity index (χ4n) is 8.31. The lowest BCUT2D eigenvalue weighted by Crippen LogP contribution is -2.10. The van der Waals surface area contributed by atoms with Gasteiger partial charge in [0, 0.05) is 27.8 Å². The van der Waals surface area contributed by atoms with Crippen molar-refractivity contribution in [1.29, 1.82) is 0 Å². The van der Waals surface area contributed by atoms with E-state index >= 15 is 0 Å².